The Morgan fingerprint density at radius 1 is 1.33 bits per heavy atom. The Morgan fingerprint density at radius 2 is 2.19 bits per heavy atom. The van der Waals surface area contributed by atoms with Crippen molar-refractivity contribution in [1.82, 2.24) is 19.7 Å². The molecular formula is C15H28N4OS. The summed E-state index contributed by atoms with van der Waals surface area (Å²) >= 11 is 1.82. The number of thioether (sulfide) groups is 1. The quantitative estimate of drug-likeness (QED) is 0.790. The van der Waals surface area contributed by atoms with Crippen LogP contribution in [0.25, 0.3) is 0 Å². The summed E-state index contributed by atoms with van der Waals surface area (Å²) in [6, 6.07) is 0.674. The Bertz CT molecular complexity index is 424. The molecule has 0 radical (unpaired) electrons. The van der Waals surface area contributed by atoms with Gasteiger partial charge in [-0.05, 0) is 39.1 Å². The van der Waals surface area contributed by atoms with Crippen molar-refractivity contribution in [2.45, 2.75) is 51.1 Å². The molecule has 5 nitrogen and oxygen atoms in total. The summed E-state index contributed by atoms with van der Waals surface area (Å²) in [5.41, 5.74) is 0. The zero-order valence-electron chi connectivity index (χ0n) is 13.3. The van der Waals surface area contributed by atoms with E-state index in [1.807, 2.05) is 16.4 Å². The van der Waals surface area contributed by atoms with E-state index in [1.54, 1.807) is 0 Å². The van der Waals surface area contributed by atoms with E-state index in [0.29, 0.717) is 12.6 Å². The summed E-state index contributed by atoms with van der Waals surface area (Å²) in [4.78, 5) is 7.16. The monoisotopic (exact) mass is 312 g/mol. The number of aliphatic hydroxyl groups excluding tert-OH is 1. The fourth-order valence-corrected chi connectivity index (χ4v) is 3.38. The van der Waals surface area contributed by atoms with Gasteiger partial charge in [0, 0.05) is 24.6 Å². The Hall–Kier alpha value is -0.590. The predicted molar refractivity (Wildman–Crippen MR) is 87.8 cm³/mol. The van der Waals surface area contributed by atoms with Crippen LogP contribution in [0.3, 0.4) is 0 Å². The van der Waals surface area contributed by atoms with Crippen molar-refractivity contribution < 1.29 is 5.11 Å². The molecule has 0 unspecified atom stereocenters. The molecule has 120 valence electrons. The fraction of sp³-hybridized carbons (Fsp3) is 0.867. The maximum Gasteiger partial charge on any atom is 0.151 e. The van der Waals surface area contributed by atoms with Gasteiger partial charge in [-0.1, -0.05) is 6.42 Å². The van der Waals surface area contributed by atoms with Crippen LogP contribution in [-0.2, 0) is 19.4 Å². The number of nitrogens with zero attached hydrogens (tertiary/aromatic N) is 4. The Morgan fingerprint density at radius 3 is 2.90 bits per heavy atom. The molecule has 1 saturated heterocycles. The van der Waals surface area contributed by atoms with Gasteiger partial charge in [0.2, 0.25) is 0 Å². The van der Waals surface area contributed by atoms with Gasteiger partial charge >= 0.3 is 0 Å². The molecule has 1 aliphatic rings. The van der Waals surface area contributed by atoms with Gasteiger partial charge in [-0.3, -0.25) is 0 Å². The average Bonchev–Trinajstić information content (AvgIpc) is 2.87. The van der Waals surface area contributed by atoms with Crippen molar-refractivity contribution in [3.63, 3.8) is 0 Å². The molecule has 0 saturated carbocycles. The number of hydrogen-bond donors (Lipinski definition) is 1. The van der Waals surface area contributed by atoms with E-state index in [1.165, 1.54) is 25.8 Å². The molecule has 2 rings (SSSR count). The van der Waals surface area contributed by atoms with E-state index in [2.05, 4.69) is 28.3 Å². The SMILES string of the molecule is CSCCc1nc(CC[C@@H]2CCCCN2C)n(CCO)n1. The minimum atomic E-state index is 0.127. The van der Waals surface area contributed by atoms with Crippen molar-refractivity contribution >= 4 is 11.8 Å². The van der Waals surface area contributed by atoms with Crippen LogP contribution < -0.4 is 0 Å². The smallest absolute Gasteiger partial charge is 0.151 e. The highest BCUT2D eigenvalue weighted by Gasteiger charge is 2.20. The Kier molecular flexibility index (Phi) is 6.99. The molecular weight excluding hydrogens is 284 g/mol. The normalized spacial score (nSPS) is 20.0. The second-order valence-electron chi connectivity index (χ2n) is 5.80. The van der Waals surface area contributed by atoms with Gasteiger partial charge in [-0.15, -0.1) is 0 Å². The molecule has 1 atom stereocenters. The molecule has 21 heavy (non-hydrogen) atoms. The topological polar surface area (TPSA) is 54.2 Å². The van der Waals surface area contributed by atoms with Crippen LogP contribution in [0.2, 0.25) is 0 Å². The second kappa shape index (κ2) is 8.76. The van der Waals surface area contributed by atoms with Crippen molar-refractivity contribution in [3.8, 4) is 0 Å². The van der Waals surface area contributed by atoms with Crippen LogP contribution in [0.1, 0.15) is 37.3 Å². The Balaban J connectivity index is 1.94. The van der Waals surface area contributed by atoms with Crippen LogP contribution in [0.4, 0.5) is 0 Å². The summed E-state index contributed by atoms with van der Waals surface area (Å²) in [7, 11) is 2.23. The lowest BCUT2D eigenvalue weighted by Gasteiger charge is -2.32. The molecule has 0 aliphatic carbocycles. The minimum Gasteiger partial charge on any atom is -0.394 e. The highest BCUT2D eigenvalue weighted by atomic mass is 32.2. The molecule has 0 amide bonds. The standard InChI is InChI=1S/C15H28N4OS/c1-18-9-4-3-5-13(18)6-7-15-16-14(8-12-21-2)17-19(15)10-11-20/h13,20H,3-12H2,1-2H3/t13-/m0/s1. The molecule has 0 spiro atoms. The van der Waals surface area contributed by atoms with E-state index in [4.69, 9.17) is 0 Å². The van der Waals surface area contributed by atoms with Crippen molar-refractivity contribution in [2.24, 2.45) is 0 Å². The fourth-order valence-electron chi connectivity index (χ4n) is 2.99. The number of hydrogen-bond acceptors (Lipinski definition) is 5. The summed E-state index contributed by atoms with van der Waals surface area (Å²) in [6.07, 6.45) is 9.08. The van der Waals surface area contributed by atoms with Gasteiger partial charge < -0.3 is 10.0 Å². The average molecular weight is 312 g/mol. The van der Waals surface area contributed by atoms with E-state index in [9.17, 15) is 5.11 Å². The van der Waals surface area contributed by atoms with E-state index >= 15 is 0 Å². The number of rotatable bonds is 8. The molecule has 2 heterocycles. The third-order valence-electron chi connectivity index (χ3n) is 4.26. The van der Waals surface area contributed by atoms with Gasteiger partial charge in [0.05, 0.1) is 13.2 Å². The molecule has 1 aromatic heterocycles. The predicted octanol–water partition coefficient (Wildman–Crippen LogP) is 1.59. The van der Waals surface area contributed by atoms with E-state index in [0.717, 1.165) is 36.7 Å². The van der Waals surface area contributed by atoms with Crippen LogP contribution in [0.15, 0.2) is 0 Å². The zero-order valence-corrected chi connectivity index (χ0v) is 14.1. The van der Waals surface area contributed by atoms with Crippen molar-refractivity contribution in [2.75, 3.05) is 32.2 Å². The van der Waals surface area contributed by atoms with Gasteiger partial charge in [-0.25, -0.2) is 9.67 Å². The van der Waals surface area contributed by atoms with Crippen LogP contribution in [0.5, 0.6) is 0 Å². The van der Waals surface area contributed by atoms with Crippen LogP contribution >= 0.6 is 11.8 Å². The zero-order chi connectivity index (χ0) is 15.1. The molecule has 0 aromatic carbocycles. The van der Waals surface area contributed by atoms with Crippen molar-refractivity contribution in [3.05, 3.63) is 11.6 Å². The lowest BCUT2D eigenvalue weighted by molar-refractivity contribution is 0.175. The van der Waals surface area contributed by atoms with Gasteiger partial charge in [0.25, 0.3) is 0 Å². The summed E-state index contributed by atoms with van der Waals surface area (Å²) < 4.78 is 1.90. The van der Waals surface area contributed by atoms with E-state index < -0.39 is 0 Å². The molecule has 1 fully saturated rings. The first-order valence-corrected chi connectivity index (χ1v) is 9.36. The highest BCUT2D eigenvalue weighted by Crippen LogP contribution is 2.19. The Labute approximate surface area is 132 Å². The number of likely N-dealkylation sites (tertiary alicyclic amines) is 1. The first kappa shape index (κ1) is 16.8. The largest absolute Gasteiger partial charge is 0.394 e. The highest BCUT2D eigenvalue weighted by molar-refractivity contribution is 7.98. The maximum absolute atomic E-state index is 9.19. The number of aromatic nitrogens is 3. The summed E-state index contributed by atoms with van der Waals surface area (Å²) in [5, 5.41) is 13.7. The third-order valence-corrected chi connectivity index (χ3v) is 4.87. The molecule has 1 aromatic rings. The summed E-state index contributed by atoms with van der Waals surface area (Å²) in [6.45, 7) is 1.90. The first-order chi connectivity index (χ1) is 10.2. The summed E-state index contributed by atoms with van der Waals surface area (Å²) in [5.74, 6) is 3.01. The molecule has 1 aliphatic heterocycles. The van der Waals surface area contributed by atoms with Gasteiger partial charge in [-0.2, -0.15) is 16.9 Å². The number of aliphatic hydroxyl groups is 1. The number of piperidine rings is 1. The van der Waals surface area contributed by atoms with E-state index in [-0.39, 0.29) is 6.61 Å². The lowest BCUT2D eigenvalue weighted by atomic mass is 9.98. The second-order valence-corrected chi connectivity index (χ2v) is 6.79. The maximum atomic E-state index is 9.19. The molecule has 0 bridgehead atoms. The van der Waals surface area contributed by atoms with Crippen molar-refractivity contribution in [1.29, 1.82) is 0 Å². The van der Waals surface area contributed by atoms with Gasteiger partial charge in [0.15, 0.2) is 5.82 Å². The minimum absolute atomic E-state index is 0.127. The molecule has 6 heteroatoms. The first-order valence-electron chi connectivity index (χ1n) is 7.97. The van der Waals surface area contributed by atoms with Crippen LogP contribution in [-0.4, -0.2) is 63.0 Å². The molecule has 1 N–H and O–H groups in total. The van der Waals surface area contributed by atoms with Crippen LogP contribution in [0, 0.1) is 0 Å². The van der Waals surface area contributed by atoms with Gasteiger partial charge in [0.1, 0.15) is 5.82 Å². The third kappa shape index (κ3) is 4.97. The number of aryl methyl sites for hydroxylation is 2. The lowest BCUT2D eigenvalue weighted by Crippen LogP contribution is -2.36.